The first kappa shape index (κ1) is 12.8. The molecule has 2 N–H and O–H groups in total. The van der Waals surface area contributed by atoms with Gasteiger partial charge in [-0.25, -0.2) is 0 Å². The van der Waals surface area contributed by atoms with Crippen LogP contribution in [0.4, 0.5) is 5.69 Å². The number of amides is 1. The summed E-state index contributed by atoms with van der Waals surface area (Å²) >= 11 is 3.34. The molecule has 0 atom stereocenters. The number of likely N-dealkylation sites (N-methyl/N-ethyl adjacent to an activating group) is 1. The van der Waals surface area contributed by atoms with Crippen LogP contribution in [-0.4, -0.2) is 31.5 Å². The number of rotatable bonds is 3. The predicted molar refractivity (Wildman–Crippen MR) is 67.5 cm³/mol. The lowest BCUT2D eigenvalue weighted by Crippen LogP contribution is -2.27. The fourth-order valence-corrected chi connectivity index (χ4v) is 1.81. The van der Waals surface area contributed by atoms with Crippen LogP contribution < -0.4 is 10.5 Å². The van der Waals surface area contributed by atoms with E-state index < -0.39 is 0 Å². The van der Waals surface area contributed by atoms with Crippen molar-refractivity contribution in [3.8, 4) is 5.75 Å². The lowest BCUT2D eigenvalue weighted by Gasteiger charge is -2.14. The lowest BCUT2D eigenvalue weighted by atomic mass is 10.2. The van der Waals surface area contributed by atoms with Crippen LogP contribution in [0.15, 0.2) is 16.6 Å². The van der Waals surface area contributed by atoms with E-state index in [0.29, 0.717) is 11.4 Å². The molecule has 0 radical (unpaired) electrons. The number of ether oxygens (including phenoxy) is 1. The van der Waals surface area contributed by atoms with E-state index in [-0.39, 0.29) is 12.5 Å². The largest absolute Gasteiger partial charge is 0.481 e. The van der Waals surface area contributed by atoms with Crippen molar-refractivity contribution >= 4 is 27.5 Å². The van der Waals surface area contributed by atoms with Crippen LogP contribution in [-0.2, 0) is 4.79 Å². The monoisotopic (exact) mass is 286 g/mol. The van der Waals surface area contributed by atoms with Crippen LogP contribution in [0.2, 0.25) is 0 Å². The van der Waals surface area contributed by atoms with Gasteiger partial charge in [-0.15, -0.1) is 0 Å². The Morgan fingerprint density at radius 2 is 2.12 bits per heavy atom. The number of carbonyl (C=O) groups excluding carboxylic acids is 1. The maximum atomic E-state index is 11.4. The van der Waals surface area contributed by atoms with Crippen molar-refractivity contribution in [2.24, 2.45) is 0 Å². The van der Waals surface area contributed by atoms with E-state index in [2.05, 4.69) is 15.9 Å². The molecular weight excluding hydrogens is 272 g/mol. The minimum atomic E-state index is -0.0956. The smallest absolute Gasteiger partial charge is 0.259 e. The zero-order chi connectivity index (χ0) is 12.3. The van der Waals surface area contributed by atoms with Gasteiger partial charge in [0.1, 0.15) is 5.75 Å². The first-order valence-corrected chi connectivity index (χ1v) is 5.59. The Labute approximate surface area is 103 Å². The summed E-state index contributed by atoms with van der Waals surface area (Å²) in [4.78, 5) is 12.8. The summed E-state index contributed by atoms with van der Waals surface area (Å²) in [6, 6.07) is 3.65. The summed E-state index contributed by atoms with van der Waals surface area (Å²) in [5.74, 6) is 0.472. The molecule has 5 heteroatoms. The van der Waals surface area contributed by atoms with E-state index >= 15 is 0 Å². The second-order valence-electron chi connectivity index (χ2n) is 3.72. The molecule has 0 bridgehead atoms. The molecule has 0 spiro atoms. The number of hydrogen-bond donors (Lipinski definition) is 1. The van der Waals surface area contributed by atoms with Gasteiger partial charge >= 0.3 is 0 Å². The van der Waals surface area contributed by atoms with Crippen LogP contribution in [0, 0.1) is 6.92 Å². The SMILES string of the molecule is Cc1cc(Br)cc(N)c1OCC(=O)N(C)C. The molecule has 0 aromatic heterocycles. The molecule has 0 saturated carbocycles. The molecule has 4 nitrogen and oxygen atoms in total. The van der Waals surface area contributed by atoms with Crippen molar-refractivity contribution < 1.29 is 9.53 Å². The molecule has 0 aliphatic rings. The first-order chi connectivity index (χ1) is 7.41. The van der Waals surface area contributed by atoms with Crippen molar-refractivity contribution in [1.29, 1.82) is 0 Å². The van der Waals surface area contributed by atoms with Crippen molar-refractivity contribution in [1.82, 2.24) is 4.90 Å². The van der Waals surface area contributed by atoms with Gasteiger partial charge in [0, 0.05) is 18.6 Å². The second kappa shape index (κ2) is 5.21. The van der Waals surface area contributed by atoms with Crippen LogP contribution in [0.1, 0.15) is 5.56 Å². The van der Waals surface area contributed by atoms with Gasteiger partial charge in [0.2, 0.25) is 0 Å². The number of hydrogen-bond acceptors (Lipinski definition) is 3. The van der Waals surface area contributed by atoms with Gasteiger partial charge in [0.15, 0.2) is 6.61 Å². The topological polar surface area (TPSA) is 55.6 Å². The van der Waals surface area contributed by atoms with E-state index in [1.54, 1.807) is 20.2 Å². The molecule has 0 unspecified atom stereocenters. The Bertz CT molecular complexity index is 382. The number of halogens is 1. The molecule has 0 saturated heterocycles. The van der Waals surface area contributed by atoms with Crippen LogP contribution in [0.5, 0.6) is 5.75 Å². The standard InChI is InChI=1S/C11H15BrN2O2/c1-7-4-8(12)5-9(13)11(7)16-6-10(15)14(2)3/h4-5H,6,13H2,1-3H3. The predicted octanol–water partition coefficient (Wildman–Crippen LogP) is 1.81. The molecule has 1 rings (SSSR count). The lowest BCUT2D eigenvalue weighted by molar-refractivity contribution is -0.130. The molecule has 16 heavy (non-hydrogen) atoms. The summed E-state index contributed by atoms with van der Waals surface area (Å²) in [7, 11) is 3.37. The highest BCUT2D eigenvalue weighted by Crippen LogP contribution is 2.29. The zero-order valence-corrected chi connectivity index (χ0v) is 11.2. The van der Waals surface area contributed by atoms with Gasteiger partial charge in [0.25, 0.3) is 5.91 Å². The quantitative estimate of drug-likeness (QED) is 0.863. The normalized spacial score (nSPS) is 10.0. The third-order valence-electron chi connectivity index (χ3n) is 2.11. The van der Waals surface area contributed by atoms with Gasteiger partial charge in [-0.1, -0.05) is 15.9 Å². The highest BCUT2D eigenvalue weighted by Gasteiger charge is 2.10. The van der Waals surface area contributed by atoms with E-state index in [9.17, 15) is 4.79 Å². The Morgan fingerprint density at radius 1 is 1.50 bits per heavy atom. The van der Waals surface area contributed by atoms with Crippen LogP contribution in [0.25, 0.3) is 0 Å². The van der Waals surface area contributed by atoms with Gasteiger partial charge < -0.3 is 15.4 Å². The summed E-state index contributed by atoms with van der Waals surface area (Å²) < 4.78 is 6.31. The van der Waals surface area contributed by atoms with Crippen molar-refractivity contribution in [3.63, 3.8) is 0 Å². The average molecular weight is 287 g/mol. The maximum absolute atomic E-state index is 11.4. The Kier molecular flexibility index (Phi) is 4.18. The minimum Gasteiger partial charge on any atom is -0.481 e. The minimum absolute atomic E-state index is 0.000325. The number of nitrogen functional groups attached to an aromatic ring is 1. The number of carbonyl (C=O) groups is 1. The fourth-order valence-electron chi connectivity index (χ4n) is 1.22. The second-order valence-corrected chi connectivity index (χ2v) is 4.63. The highest BCUT2D eigenvalue weighted by molar-refractivity contribution is 9.10. The molecule has 1 aromatic carbocycles. The number of aryl methyl sites for hydroxylation is 1. The van der Waals surface area contributed by atoms with E-state index in [0.717, 1.165) is 10.0 Å². The summed E-state index contributed by atoms with van der Waals surface area (Å²) in [5.41, 5.74) is 7.23. The molecule has 88 valence electrons. The zero-order valence-electron chi connectivity index (χ0n) is 9.58. The van der Waals surface area contributed by atoms with Gasteiger partial charge in [-0.3, -0.25) is 4.79 Å². The molecule has 1 aromatic rings. The highest BCUT2D eigenvalue weighted by atomic mass is 79.9. The van der Waals surface area contributed by atoms with Crippen LogP contribution >= 0.6 is 15.9 Å². The van der Waals surface area contributed by atoms with Crippen molar-refractivity contribution in [2.75, 3.05) is 26.4 Å². The summed E-state index contributed by atoms with van der Waals surface area (Å²) in [5, 5.41) is 0. The summed E-state index contributed by atoms with van der Waals surface area (Å²) in [6.45, 7) is 1.89. The van der Waals surface area contributed by atoms with Crippen LogP contribution in [0.3, 0.4) is 0 Å². The third kappa shape index (κ3) is 3.13. The summed E-state index contributed by atoms with van der Waals surface area (Å²) in [6.07, 6.45) is 0. The molecule has 0 fully saturated rings. The maximum Gasteiger partial charge on any atom is 0.259 e. The van der Waals surface area contributed by atoms with Gasteiger partial charge in [-0.2, -0.15) is 0 Å². The Balaban J connectivity index is 2.78. The van der Waals surface area contributed by atoms with E-state index in [1.807, 2.05) is 13.0 Å². The van der Waals surface area contributed by atoms with Gasteiger partial charge in [-0.05, 0) is 24.6 Å². The van der Waals surface area contributed by atoms with Gasteiger partial charge in [0.05, 0.1) is 5.69 Å². The number of anilines is 1. The number of benzene rings is 1. The van der Waals surface area contributed by atoms with Crippen molar-refractivity contribution in [3.05, 3.63) is 22.2 Å². The molecular formula is C11H15BrN2O2. The number of nitrogens with two attached hydrogens (primary N) is 1. The molecule has 1 amide bonds. The average Bonchev–Trinajstić information content (AvgIpc) is 2.15. The Morgan fingerprint density at radius 3 is 2.62 bits per heavy atom. The molecule has 0 aliphatic heterocycles. The third-order valence-corrected chi connectivity index (χ3v) is 2.56. The fraction of sp³-hybridized carbons (Fsp3) is 0.364. The molecule has 0 heterocycles. The first-order valence-electron chi connectivity index (χ1n) is 4.80. The van der Waals surface area contributed by atoms with E-state index in [4.69, 9.17) is 10.5 Å². The van der Waals surface area contributed by atoms with Crippen molar-refractivity contribution in [2.45, 2.75) is 6.92 Å². The number of nitrogens with zero attached hydrogens (tertiary/aromatic N) is 1. The Hall–Kier alpha value is -1.23. The van der Waals surface area contributed by atoms with E-state index in [1.165, 1.54) is 4.90 Å². The molecule has 0 aliphatic carbocycles.